The van der Waals surface area contributed by atoms with Gasteiger partial charge in [-0.1, -0.05) is 12.1 Å². The molecule has 0 saturated heterocycles. The van der Waals surface area contributed by atoms with Gasteiger partial charge in [0.25, 0.3) is 0 Å². The summed E-state index contributed by atoms with van der Waals surface area (Å²) in [4.78, 5) is 13.8. The molecule has 1 aliphatic rings. The molecule has 0 aliphatic carbocycles. The molecule has 0 fully saturated rings. The van der Waals surface area contributed by atoms with Gasteiger partial charge in [-0.2, -0.15) is 0 Å². The fourth-order valence-corrected chi connectivity index (χ4v) is 2.64. The van der Waals surface area contributed by atoms with Crippen molar-refractivity contribution in [3.8, 4) is 11.3 Å². The van der Waals surface area contributed by atoms with Crippen LogP contribution in [0.5, 0.6) is 0 Å². The highest BCUT2D eigenvalue weighted by molar-refractivity contribution is 5.76. The number of carbonyl (C=O) groups is 1. The van der Waals surface area contributed by atoms with Gasteiger partial charge in [-0.25, -0.2) is 4.39 Å². The zero-order valence-electron chi connectivity index (χ0n) is 11.9. The highest BCUT2D eigenvalue weighted by Crippen LogP contribution is 2.30. The van der Waals surface area contributed by atoms with E-state index in [1.165, 1.54) is 12.1 Å². The van der Waals surface area contributed by atoms with Crippen LogP contribution in [0.15, 0.2) is 28.8 Å². The van der Waals surface area contributed by atoms with Crippen molar-refractivity contribution < 1.29 is 13.7 Å². The zero-order chi connectivity index (χ0) is 14.8. The Morgan fingerprint density at radius 2 is 2.14 bits per heavy atom. The number of aromatic nitrogens is 1. The molecule has 5 heteroatoms. The van der Waals surface area contributed by atoms with Gasteiger partial charge in [0.1, 0.15) is 11.5 Å². The Kier molecular flexibility index (Phi) is 3.73. The van der Waals surface area contributed by atoms with Crippen LogP contribution in [0.2, 0.25) is 0 Å². The minimum Gasteiger partial charge on any atom is -0.356 e. The van der Waals surface area contributed by atoms with E-state index in [4.69, 9.17) is 4.52 Å². The molecule has 1 aliphatic heterocycles. The number of nitrogens with zero attached hydrogens (tertiary/aromatic N) is 2. The summed E-state index contributed by atoms with van der Waals surface area (Å²) in [5.41, 5.74) is 2.66. The van der Waals surface area contributed by atoms with Crippen LogP contribution in [0.3, 0.4) is 0 Å². The molecule has 3 rings (SSSR count). The molecule has 1 aromatic carbocycles. The van der Waals surface area contributed by atoms with Crippen molar-refractivity contribution in [3.05, 3.63) is 41.3 Å². The van der Waals surface area contributed by atoms with Gasteiger partial charge in [-0.3, -0.25) is 4.79 Å². The monoisotopic (exact) mass is 288 g/mol. The summed E-state index contributed by atoms with van der Waals surface area (Å²) >= 11 is 0. The van der Waals surface area contributed by atoms with E-state index >= 15 is 0 Å². The minimum absolute atomic E-state index is 0.162. The fraction of sp³-hybridized carbons (Fsp3) is 0.375. The molecule has 0 spiro atoms. The Morgan fingerprint density at radius 3 is 2.86 bits per heavy atom. The molecular weight excluding hydrogens is 271 g/mol. The molecule has 1 amide bonds. The van der Waals surface area contributed by atoms with E-state index in [0.717, 1.165) is 29.7 Å². The molecule has 110 valence electrons. The van der Waals surface area contributed by atoms with Crippen molar-refractivity contribution in [1.29, 1.82) is 0 Å². The lowest BCUT2D eigenvalue weighted by Crippen LogP contribution is -2.35. The predicted molar refractivity (Wildman–Crippen MR) is 75.9 cm³/mol. The summed E-state index contributed by atoms with van der Waals surface area (Å²) in [6.45, 7) is 3.18. The summed E-state index contributed by atoms with van der Waals surface area (Å²) in [7, 11) is 0. The molecule has 1 aromatic heterocycles. The summed E-state index contributed by atoms with van der Waals surface area (Å²) in [5.74, 6) is 0.575. The van der Waals surface area contributed by atoms with Crippen LogP contribution in [0.4, 0.5) is 4.39 Å². The molecule has 2 aromatic rings. The summed E-state index contributed by atoms with van der Waals surface area (Å²) in [6, 6.07) is 6.18. The number of benzene rings is 1. The maximum Gasteiger partial charge on any atom is 0.222 e. The lowest BCUT2D eigenvalue weighted by atomic mass is 10.0. The van der Waals surface area contributed by atoms with E-state index in [1.807, 2.05) is 11.8 Å². The Labute approximate surface area is 122 Å². The van der Waals surface area contributed by atoms with Gasteiger partial charge in [-0.05, 0) is 37.1 Å². The molecule has 0 bridgehead atoms. The van der Waals surface area contributed by atoms with Gasteiger partial charge < -0.3 is 9.42 Å². The molecule has 21 heavy (non-hydrogen) atoms. The van der Waals surface area contributed by atoms with E-state index < -0.39 is 0 Å². The van der Waals surface area contributed by atoms with Crippen LogP contribution in [0.1, 0.15) is 31.0 Å². The maximum atomic E-state index is 13.0. The SMILES string of the molecule is CCCC(=O)N1CCc2c(noc2-c2ccc(F)cc2)C1. The molecular formula is C16H17FN2O2. The Hall–Kier alpha value is -2.17. The van der Waals surface area contributed by atoms with Gasteiger partial charge in [0.05, 0.1) is 6.54 Å². The first kappa shape index (κ1) is 13.8. The van der Waals surface area contributed by atoms with Gasteiger partial charge >= 0.3 is 0 Å². The Bertz CT molecular complexity index is 649. The van der Waals surface area contributed by atoms with Crippen molar-refractivity contribution in [2.75, 3.05) is 6.54 Å². The van der Waals surface area contributed by atoms with Gasteiger partial charge in [0, 0.05) is 24.1 Å². The lowest BCUT2D eigenvalue weighted by Gasteiger charge is -2.26. The smallest absolute Gasteiger partial charge is 0.222 e. The van der Waals surface area contributed by atoms with Crippen molar-refractivity contribution in [3.63, 3.8) is 0 Å². The second kappa shape index (κ2) is 5.68. The van der Waals surface area contributed by atoms with Crippen molar-refractivity contribution in [2.45, 2.75) is 32.7 Å². The number of carbonyl (C=O) groups excluding carboxylic acids is 1. The average molecular weight is 288 g/mol. The highest BCUT2D eigenvalue weighted by Gasteiger charge is 2.26. The number of fused-ring (bicyclic) bond motifs is 1. The lowest BCUT2D eigenvalue weighted by molar-refractivity contribution is -0.132. The summed E-state index contributed by atoms with van der Waals surface area (Å²) < 4.78 is 18.4. The maximum absolute atomic E-state index is 13.0. The van der Waals surface area contributed by atoms with Gasteiger partial charge in [0.15, 0.2) is 5.76 Å². The Balaban J connectivity index is 1.84. The third-order valence-corrected chi connectivity index (χ3v) is 3.76. The first-order valence-electron chi connectivity index (χ1n) is 7.20. The third-order valence-electron chi connectivity index (χ3n) is 3.76. The zero-order valence-corrected chi connectivity index (χ0v) is 11.9. The molecule has 0 atom stereocenters. The van der Waals surface area contributed by atoms with Gasteiger partial charge in [0.2, 0.25) is 5.91 Å². The normalized spacial score (nSPS) is 14.1. The molecule has 0 saturated carbocycles. The molecule has 0 unspecified atom stereocenters. The average Bonchev–Trinajstić information content (AvgIpc) is 2.91. The van der Waals surface area contributed by atoms with E-state index in [0.29, 0.717) is 25.3 Å². The molecule has 4 nitrogen and oxygen atoms in total. The second-order valence-electron chi connectivity index (χ2n) is 5.26. The summed E-state index contributed by atoms with van der Waals surface area (Å²) in [5, 5.41) is 4.09. The van der Waals surface area contributed by atoms with Gasteiger partial charge in [-0.15, -0.1) is 0 Å². The third kappa shape index (κ3) is 2.68. The quantitative estimate of drug-likeness (QED) is 0.871. The first-order chi connectivity index (χ1) is 10.2. The molecule has 0 radical (unpaired) electrons. The fourth-order valence-electron chi connectivity index (χ4n) is 2.64. The second-order valence-corrected chi connectivity index (χ2v) is 5.26. The van der Waals surface area contributed by atoms with Crippen LogP contribution < -0.4 is 0 Å². The number of hydrogen-bond donors (Lipinski definition) is 0. The van der Waals surface area contributed by atoms with E-state index in [-0.39, 0.29) is 11.7 Å². The largest absolute Gasteiger partial charge is 0.356 e. The van der Waals surface area contributed by atoms with Crippen molar-refractivity contribution in [1.82, 2.24) is 10.1 Å². The minimum atomic E-state index is -0.275. The molecule has 2 heterocycles. The number of amides is 1. The van der Waals surface area contributed by atoms with Crippen LogP contribution in [0.25, 0.3) is 11.3 Å². The van der Waals surface area contributed by atoms with E-state index in [1.54, 1.807) is 12.1 Å². The summed E-state index contributed by atoms with van der Waals surface area (Å²) in [6.07, 6.45) is 2.14. The van der Waals surface area contributed by atoms with Crippen molar-refractivity contribution in [2.24, 2.45) is 0 Å². The highest BCUT2D eigenvalue weighted by atomic mass is 19.1. The standard InChI is InChI=1S/C16H17FN2O2/c1-2-3-15(20)19-9-8-13-14(10-19)18-21-16(13)11-4-6-12(17)7-5-11/h4-7H,2-3,8-10H2,1H3. The predicted octanol–water partition coefficient (Wildman–Crippen LogP) is 3.17. The number of hydrogen-bond acceptors (Lipinski definition) is 3. The van der Waals surface area contributed by atoms with E-state index in [2.05, 4.69) is 5.16 Å². The van der Waals surface area contributed by atoms with Crippen LogP contribution in [0, 0.1) is 5.82 Å². The van der Waals surface area contributed by atoms with Crippen LogP contribution in [-0.4, -0.2) is 22.5 Å². The molecule has 0 N–H and O–H groups in total. The van der Waals surface area contributed by atoms with E-state index in [9.17, 15) is 9.18 Å². The van der Waals surface area contributed by atoms with Crippen LogP contribution in [-0.2, 0) is 17.8 Å². The number of rotatable bonds is 3. The topological polar surface area (TPSA) is 46.3 Å². The van der Waals surface area contributed by atoms with Crippen LogP contribution >= 0.6 is 0 Å². The number of halogens is 1. The first-order valence-corrected chi connectivity index (χ1v) is 7.20. The Morgan fingerprint density at radius 1 is 1.38 bits per heavy atom. The van der Waals surface area contributed by atoms with Crippen molar-refractivity contribution >= 4 is 5.91 Å².